The van der Waals surface area contributed by atoms with E-state index in [1.807, 2.05) is 6.07 Å². The van der Waals surface area contributed by atoms with E-state index in [1.54, 1.807) is 6.20 Å². The summed E-state index contributed by atoms with van der Waals surface area (Å²) in [4.78, 5) is 17.7. The first-order chi connectivity index (χ1) is 10.2. The summed E-state index contributed by atoms with van der Waals surface area (Å²) in [6, 6.07) is 1.85. The second kappa shape index (κ2) is 5.99. The van der Waals surface area contributed by atoms with E-state index in [0.717, 1.165) is 51.3 Å². The van der Waals surface area contributed by atoms with E-state index in [9.17, 15) is 4.79 Å². The van der Waals surface area contributed by atoms with Crippen LogP contribution in [0.1, 0.15) is 29.6 Å². The fraction of sp³-hybridized carbons (Fsp3) is 0.600. The van der Waals surface area contributed by atoms with Gasteiger partial charge in [-0.1, -0.05) is 0 Å². The largest absolute Gasteiger partial charge is 0.381 e. The monoisotopic (exact) mass is 291 g/mol. The first-order valence-electron chi connectivity index (χ1n) is 7.41. The molecule has 3 rings (SSSR count). The Morgan fingerprint density at radius 1 is 1.24 bits per heavy atom. The lowest BCUT2D eigenvalue weighted by Gasteiger charge is -2.36. The fourth-order valence-electron chi connectivity index (χ4n) is 3.13. The molecule has 0 atom stereocenters. The van der Waals surface area contributed by atoms with Gasteiger partial charge in [0.15, 0.2) is 0 Å². The van der Waals surface area contributed by atoms with Crippen molar-refractivity contribution in [1.29, 1.82) is 0 Å². The van der Waals surface area contributed by atoms with Crippen molar-refractivity contribution in [2.24, 2.45) is 5.73 Å². The Morgan fingerprint density at radius 2 is 2.05 bits per heavy atom. The number of anilines is 1. The zero-order chi connectivity index (χ0) is 14.7. The molecule has 1 aromatic rings. The van der Waals surface area contributed by atoms with E-state index in [-0.39, 0.29) is 5.60 Å². The van der Waals surface area contributed by atoms with Crippen LogP contribution >= 0.6 is 0 Å². The second-order valence-corrected chi connectivity index (χ2v) is 5.64. The molecule has 1 aromatic heterocycles. The summed E-state index contributed by atoms with van der Waals surface area (Å²) >= 11 is 0. The van der Waals surface area contributed by atoms with Gasteiger partial charge in [-0.25, -0.2) is 0 Å². The number of carbonyl (C=O) groups is 1. The van der Waals surface area contributed by atoms with Crippen LogP contribution in [0.3, 0.4) is 0 Å². The lowest BCUT2D eigenvalue weighted by Crippen LogP contribution is -2.39. The van der Waals surface area contributed by atoms with Gasteiger partial charge in [0.05, 0.1) is 23.5 Å². The predicted molar refractivity (Wildman–Crippen MR) is 78.3 cm³/mol. The Balaban J connectivity index is 1.77. The topological polar surface area (TPSA) is 77.7 Å². The average Bonchev–Trinajstić information content (AvgIpc) is 2.71. The van der Waals surface area contributed by atoms with Crippen molar-refractivity contribution < 1.29 is 14.3 Å². The van der Waals surface area contributed by atoms with Crippen LogP contribution in [0.2, 0.25) is 0 Å². The van der Waals surface area contributed by atoms with E-state index in [1.165, 1.54) is 6.20 Å². The van der Waals surface area contributed by atoms with E-state index in [4.69, 9.17) is 15.2 Å². The maximum absolute atomic E-state index is 11.6. The van der Waals surface area contributed by atoms with Gasteiger partial charge in [-0.15, -0.1) is 0 Å². The van der Waals surface area contributed by atoms with Gasteiger partial charge in [0.1, 0.15) is 0 Å². The summed E-state index contributed by atoms with van der Waals surface area (Å²) in [7, 11) is 0. The maximum atomic E-state index is 11.6. The predicted octanol–water partition coefficient (Wildman–Crippen LogP) is 0.956. The average molecular weight is 291 g/mol. The van der Waals surface area contributed by atoms with Gasteiger partial charge < -0.3 is 20.1 Å². The molecule has 21 heavy (non-hydrogen) atoms. The summed E-state index contributed by atoms with van der Waals surface area (Å²) in [6.07, 6.45) is 6.06. The molecule has 2 fully saturated rings. The molecule has 2 N–H and O–H groups in total. The van der Waals surface area contributed by atoms with Gasteiger partial charge in [0.2, 0.25) is 0 Å². The molecular formula is C15H21N3O3. The summed E-state index contributed by atoms with van der Waals surface area (Å²) in [6.45, 7) is 3.79. The minimum absolute atomic E-state index is 0.0626. The molecule has 0 aromatic carbocycles. The molecule has 1 amide bonds. The summed E-state index contributed by atoms with van der Waals surface area (Å²) < 4.78 is 11.6. The number of aromatic nitrogens is 1. The first-order valence-corrected chi connectivity index (χ1v) is 7.41. The lowest BCUT2D eigenvalue weighted by molar-refractivity contribution is -0.105. The molecule has 3 heterocycles. The van der Waals surface area contributed by atoms with Gasteiger partial charge in [-0.2, -0.15) is 0 Å². The van der Waals surface area contributed by atoms with Gasteiger partial charge in [-0.3, -0.25) is 9.78 Å². The third-order valence-corrected chi connectivity index (χ3v) is 4.42. The Kier molecular flexibility index (Phi) is 4.07. The number of amides is 1. The van der Waals surface area contributed by atoms with Crippen molar-refractivity contribution in [3.63, 3.8) is 0 Å². The molecule has 2 aliphatic heterocycles. The number of nitrogens with two attached hydrogens (primary N) is 1. The normalized spacial score (nSPS) is 22.0. The highest BCUT2D eigenvalue weighted by molar-refractivity contribution is 5.98. The SMILES string of the molecule is NC(=O)c1cnccc1N1CCOC2(CCOCC2)CC1. The summed E-state index contributed by atoms with van der Waals surface area (Å²) in [5, 5.41) is 0. The molecule has 0 bridgehead atoms. The van der Waals surface area contributed by atoms with E-state index >= 15 is 0 Å². The highest BCUT2D eigenvalue weighted by atomic mass is 16.5. The number of ether oxygens (including phenoxy) is 2. The van der Waals surface area contributed by atoms with Crippen molar-refractivity contribution in [3.05, 3.63) is 24.0 Å². The highest BCUT2D eigenvalue weighted by Gasteiger charge is 2.36. The molecule has 6 nitrogen and oxygen atoms in total. The van der Waals surface area contributed by atoms with Crippen LogP contribution in [0.15, 0.2) is 18.5 Å². The van der Waals surface area contributed by atoms with Crippen molar-refractivity contribution in [1.82, 2.24) is 4.98 Å². The van der Waals surface area contributed by atoms with Gasteiger partial charge in [0.25, 0.3) is 5.91 Å². The molecule has 0 saturated carbocycles. The quantitative estimate of drug-likeness (QED) is 0.878. The summed E-state index contributed by atoms with van der Waals surface area (Å²) in [5.74, 6) is -0.441. The number of primary amides is 1. The molecule has 1 spiro atoms. The van der Waals surface area contributed by atoms with Gasteiger partial charge >= 0.3 is 0 Å². The van der Waals surface area contributed by atoms with E-state index in [2.05, 4.69) is 9.88 Å². The van der Waals surface area contributed by atoms with Crippen LogP contribution in [-0.4, -0.2) is 49.4 Å². The van der Waals surface area contributed by atoms with Gasteiger partial charge in [-0.05, 0) is 25.3 Å². The Labute approximate surface area is 124 Å². The van der Waals surface area contributed by atoms with E-state index < -0.39 is 5.91 Å². The first kappa shape index (κ1) is 14.3. The van der Waals surface area contributed by atoms with Crippen LogP contribution < -0.4 is 10.6 Å². The zero-order valence-corrected chi connectivity index (χ0v) is 12.1. The number of carbonyl (C=O) groups excluding carboxylic acids is 1. The fourth-order valence-corrected chi connectivity index (χ4v) is 3.13. The Morgan fingerprint density at radius 3 is 2.81 bits per heavy atom. The molecule has 2 aliphatic rings. The molecule has 0 radical (unpaired) electrons. The van der Waals surface area contributed by atoms with Crippen LogP contribution in [0, 0.1) is 0 Å². The van der Waals surface area contributed by atoms with Crippen LogP contribution in [-0.2, 0) is 9.47 Å². The minimum Gasteiger partial charge on any atom is -0.381 e. The third kappa shape index (κ3) is 3.01. The molecule has 0 aliphatic carbocycles. The highest BCUT2D eigenvalue weighted by Crippen LogP contribution is 2.32. The Hall–Kier alpha value is -1.66. The lowest BCUT2D eigenvalue weighted by atomic mass is 9.90. The third-order valence-electron chi connectivity index (χ3n) is 4.42. The maximum Gasteiger partial charge on any atom is 0.252 e. The standard InChI is InChI=1S/C15H21N3O3/c16-14(19)12-11-17-5-1-13(12)18-6-2-15(21-10-7-18)3-8-20-9-4-15/h1,5,11H,2-4,6-10H2,(H2,16,19). The number of hydrogen-bond acceptors (Lipinski definition) is 5. The van der Waals surface area contributed by atoms with Crippen LogP contribution in [0.4, 0.5) is 5.69 Å². The number of nitrogens with zero attached hydrogens (tertiary/aromatic N) is 2. The van der Waals surface area contributed by atoms with Crippen molar-refractivity contribution >= 4 is 11.6 Å². The smallest absolute Gasteiger partial charge is 0.252 e. The molecule has 114 valence electrons. The molecule has 2 saturated heterocycles. The number of pyridine rings is 1. The number of hydrogen-bond donors (Lipinski definition) is 1. The molecule has 0 unspecified atom stereocenters. The van der Waals surface area contributed by atoms with Crippen molar-refractivity contribution in [2.75, 3.05) is 37.8 Å². The van der Waals surface area contributed by atoms with Gasteiger partial charge in [0, 0.05) is 38.7 Å². The van der Waals surface area contributed by atoms with Crippen molar-refractivity contribution in [3.8, 4) is 0 Å². The minimum atomic E-state index is -0.441. The summed E-state index contributed by atoms with van der Waals surface area (Å²) in [5.41, 5.74) is 6.71. The van der Waals surface area contributed by atoms with Crippen LogP contribution in [0.5, 0.6) is 0 Å². The van der Waals surface area contributed by atoms with E-state index in [0.29, 0.717) is 12.2 Å². The van der Waals surface area contributed by atoms with Crippen molar-refractivity contribution in [2.45, 2.75) is 24.9 Å². The van der Waals surface area contributed by atoms with Crippen LogP contribution in [0.25, 0.3) is 0 Å². The molecular weight excluding hydrogens is 270 g/mol. The Bertz CT molecular complexity index is 515. The molecule has 6 heteroatoms. The zero-order valence-electron chi connectivity index (χ0n) is 12.1. The second-order valence-electron chi connectivity index (χ2n) is 5.64. The number of rotatable bonds is 2.